The van der Waals surface area contributed by atoms with Crippen molar-refractivity contribution in [3.63, 3.8) is 0 Å². The number of piperazine rings is 1. The Morgan fingerprint density at radius 1 is 1.17 bits per heavy atom. The Hall–Kier alpha value is -0.970. The fourth-order valence-corrected chi connectivity index (χ4v) is 2.40. The van der Waals surface area contributed by atoms with E-state index in [2.05, 4.69) is 40.8 Å². The highest BCUT2D eigenvalue weighted by Crippen LogP contribution is 2.09. The number of nitrogens with two attached hydrogens (primary N) is 1. The van der Waals surface area contributed by atoms with Gasteiger partial charge in [0.15, 0.2) is 0 Å². The highest BCUT2D eigenvalue weighted by Gasteiger charge is 2.18. The Balaban J connectivity index is 1.87. The Kier molecular flexibility index (Phi) is 4.69. The molecule has 1 aliphatic heterocycles. The molecule has 0 radical (unpaired) electrons. The molecule has 1 saturated heterocycles. The van der Waals surface area contributed by atoms with Crippen molar-refractivity contribution < 1.29 is 0 Å². The van der Waals surface area contributed by atoms with E-state index in [0.29, 0.717) is 12.6 Å². The fourth-order valence-electron chi connectivity index (χ4n) is 2.40. The predicted octanol–water partition coefficient (Wildman–Crippen LogP) is 1.07. The van der Waals surface area contributed by atoms with Crippen LogP contribution >= 0.6 is 0 Å². The summed E-state index contributed by atoms with van der Waals surface area (Å²) in [5.41, 5.74) is 7.74. The lowest BCUT2D eigenvalue weighted by atomic mass is 10.2. The van der Waals surface area contributed by atoms with Gasteiger partial charge in [0, 0.05) is 45.3 Å². The van der Waals surface area contributed by atoms with Gasteiger partial charge in [-0.3, -0.25) is 14.8 Å². The van der Waals surface area contributed by atoms with Gasteiger partial charge in [-0.1, -0.05) is 6.07 Å². The highest BCUT2D eigenvalue weighted by atomic mass is 15.3. The summed E-state index contributed by atoms with van der Waals surface area (Å²) in [4.78, 5) is 9.56. The molecule has 18 heavy (non-hydrogen) atoms. The minimum Gasteiger partial charge on any atom is -0.325 e. The Labute approximate surface area is 110 Å². The minimum absolute atomic E-state index is 0.523. The van der Waals surface area contributed by atoms with Gasteiger partial charge in [0.05, 0.1) is 11.4 Å². The van der Waals surface area contributed by atoms with Crippen molar-refractivity contribution in [2.24, 2.45) is 5.73 Å². The average Bonchev–Trinajstić information content (AvgIpc) is 2.39. The first kappa shape index (κ1) is 13.5. The number of nitrogens with zero attached hydrogens (tertiary/aromatic N) is 3. The van der Waals surface area contributed by atoms with Gasteiger partial charge >= 0.3 is 0 Å². The zero-order valence-corrected chi connectivity index (χ0v) is 11.5. The van der Waals surface area contributed by atoms with Crippen LogP contribution in [0.25, 0.3) is 0 Å². The minimum atomic E-state index is 0.523. The third kappa shape index (κ3) is 3.51. The molecule has 0 bridgehead atoms. The van der Waals surface area contributed by atoms with E-state index in [4.69, 9.17) is 5.73 Å². The van der Waals surface area contributed by atoms with Gasteiger partial charge in [0.25, 0.3) is 0 Å². The molecule has 0 unspecified atom stereocenters. The predicted molar refractivity (Wildman–Crippen MR) is 74.1 cm³/mol. The smallest absolute Gasteiger partial charge is 0.0547 e. The highest BCUT2D eigenvalue weighted by molar-refractivity contribution is 5.11. The van der Waals surface area contributed by atoms with Gasteiger partial charge < -0.3 is 5.73 Å². The molecule has 0 aromatic carbocycles. The molecule has 2 N–H and O–H groups in total. The van der Waals surface area contributed by atoms with Crippen LogP contribution in [0.15, 0.2) is 18.2 Å². The topological polar surface area (TPSA) is 45.4 Å². The van der Waals surface area contributed by atoms with Gasteiger partial charge in [-0.2, -0.15) is 0 Å². The fraction of sp³-hybridized carbons (Fsp3) is 0.643. The third-order valence-corrected chi connectivity index (χ3v) is 3.60. The maximum absolute atomic E-state index is 5.62. The Morgan fingerprint density at radius 3 is 2.44 bits per heavy atom. The normalized spacial score (nSPS) is 18.4. The van der Waals surface area contributed by atoms with Crippen LogP contribution in [0.3, 0.4) is 0 Å². The van der Waals surface area contributed by atoms with Gasteiger partial charge in [-0.05, 0) is 26.0 Å². The lowest BCUT2D eigenvalue weighted by Crippen LogP contribution is -2.48. The Morgan fingerprint density at radius 2 is 1.83 bits per heavy atom. The van der Waals surface area contributed by atoms with Crippen LogP contribution in [-0.4, -0.2) is 47.0 Å². The van der Waals surface area contributed by atoms with E-state index in [1.54, 1.807) is 0 Å². The summed E-state index contributed by atoms with van der Waals surface area (Å²) >= 11 is 0. The van der Waals surface area contributed by atoms with Crippen molar-refractivity contribution in [3.05, 3.63) is 29.6 Å². The van der Waals surface area contributed by atoms with E-state index in [-0.39, 0.29) is 0 Å². The molecular weight excluding hydrogens is 224 g/mol. The molecule has 0 atom stereocenters. The maximum atomic E-state index is 5.62. The van der Waals surface area contributed by atoms with Crippen molar-refractivity contribution in [2.45, 2.75) is 33.0 Å². The van der Waals surface area contributed by atoms with E-state index < -0.39 is 0 Å². The summed E-state index contributed by atoms with van der Waals surface area (Å²) in [6, 6.07) is 6.79. The first-order valence-electron chi connectivity index (χ1n) is 6.80. The summed E-state index contributed by atoms with van der Waals surface area (Å²) in [6.07, 6.45) is 0. The van der Waals surface area contributed by atoms with Crippen molar-refractivity contribution in [1.82, 2.24) is 14.8 Å². The zero-order chi connectivity index (χ0) is 13.0. The molecular formula is C14H24N4. The van der Waals surface area contributed by atoms with Crippen molar-refractivity contribution in [2.75, 3.05) is 26.2 Å². The molecule has 2 rings (SSSR count). The molecule has 4 heteroatoms. The number of aromatic nitrogens is 1. The van der Waals surface area contributed by atoms with E-state index >= 15 is 0 Å². The van der Waals surface area contributed by atoms with Crippen LogP contribution in [0.4, 0.5) is 0 Å². The van der Waals surface area contributed by atoms with Crippen molar-refractivity contribution in [3.8, 4) is 0 Å². The standard InChI is InChI=1S/C14H24N4/c1-12(2)18-8-6-17(7-9-18)11-14-5-3-4-13(10-15)16-14/h3-5,12H,6-11,15H2,1-2H3. The zero-order valence-electron chi connectivity index (χ0n) is 11.5. The Bertz CT molecular complexity index is 370. The van der Waals surface area contributed by atoms with Crippen LogP contribution in [0.1, 0.15) is 25.2 Å². The summed E-state index contributed by atoms with van der Waals surface area (Å²) in [5.74, 6) is 0. The number of pyridine rings is 1. The van der Waals surface area contributed by atoms with Crippen LogP contribution < -0.4 is 5.73 Å². The molecule has 0 saturated carbocycles. The van der Waals surface area contributed by atoms with Gasteiger partial charge in [-0.15, -0.1) is 0 Å². The van der Waals surface area contributed by atoms with Crippen LogP contribution in [-0.2, 0) is 13.1 Å². The number of hydrogen-bond acceptors (Lipinski definition) is 4. The first-order valence-corrected chi connectivity index (χ1v) is 6.80. The van der Waals surface area contributed by atoms with Gasteiger partial charge in [-0.25, -0.2) is 0 Å². The molecule has 4 nitrogen and oxygen atoms in total. The maximum Gasteiger partial charge on any atom is 0.0547 e. The second-order valence-corrected chi connectivity index (χ2v) is 5.23. The van der Waals surface area contributed by atoms with Crippen LogP contribution in [0, 0.1) is 0 Å². The monoisotopic (exact) mass is 248 g/mol. The molecule has 100 valence electrons. The number of hydrogen-bond donors (Lipinski definition) is 1. The summed E-state index contributed by atoms with van der Waals surface area (Å²) < 4.78 is 0. The average molecular weight is 248 g/mol. The van der Waals surface area contributed by atoms with Gasteiger partial charge in [0.2, 0.25) is 0 Å². The van der Waals surface area contributed by atoms with E-state index in [1.807, 2.05) is 6.07 Å². The number of rotatable bonds is 4. The molecule has 0 spiro atoms. The van der Waals surface area contributed by atoms with Crippen molar-refractivity contribution >= 4 is 0 Å². The SMILES string of the molecule is CC(C)N1CCN(Cc2cccc(CN)n2)CC1. The lowest BCUT2D eigenvalue weighted by Gasteiger charge is -2.36. The molecule has 1 aliphatic rings. The molecule has 1 aromatic rings. The molecule has 0 aliphatic carbocycles. The van der Waals surface area contributed by atoms with Gasteiger partial charge in [0.1, 0.15) is 0 Å². The lowest BCUT2D eigenvalue weighted by molar-refractivity contribution is 0.103. The second-order valence-electron chi connectivity index (χ2n) is 5.23. The largest absolute Gasteiger partial charge is 0.325 e. The summed E-state index contributed by atoms with van der Waals surface area (Å²) in [5, 5.41) is 0. The summed E-state index contributed by atoms with van der Waals surface area (Å²) in [6.45, 7) is 10.6. The van der Waals surface area contributed by atoms with Crippen LogP contribution in [0.2, 0.25) is 0 Å². The molecule has 1 fully saturated rings. The molecule has 1 aromatic heterocycles. The van der Waals surface area contributed by atoms with E-state index in [9.17, 15) is 0 Å². The van der Waals surface area contributed by atoms with Crippen molar-refractivity contribution in [1.29, 1.82) is 0 Å². The third-order valence-electron chi connectivity index (χ3n) is 3.60. The van der Waals surface area contributed by atoms with Crippen LogP contribution in [0.5, 0.6) is 0 Å². The second kappa shape index (κ2) is 6.27. The summed E-state index contributed by atoms with van der Waals surface area (Å²) in [7, 11) is 0. The van der Waals surface area contributed by atoms with E-state index in [1.165, 1.54) is 0 Å². The molecule has 2 heterocycles. The van der Waals surface area contributed by atoms with E-state index in [0.717, 1.165) is 44.1 Å². The quantitative estimate of drug-likeness (QED) is 0.865. The molecule has 0 amide bonds. The first-order chi connectivity index (χ1) is 8.69.